The lowest BCUT2D eigenvalue weighted by Crippen LogP contribution is -2.45. The van der Waals surface area contributed by atoms with Crippen LogP contribution in [0.25, 0.3) is 0 Å². The maximum Gasteiger partial charge on any atom is 0.270 e. The van der Waals surface area contributed by atoms with Crippen molar-refractivity contribution in [3.05, 3.63) is 70.2 Å². The highest BCUT2D eigenvalue weighted by Gasteiger charge is 2.34. The molecule has 1 aliphatic rings. The maximum absolute atomic E-state index is 12.3. The highest BCUT2D eigenvalue weighted by Crippen LogP contribution is 2.20. The number of carbonyl (C=O) groups excluding carboxylic acids is 3. The molecule has 7 heteroatoms. The number of nitrogens with one attached hydrogen (secondary N) is 2. The van der Waals surface area contributed by atoms with Gasteiger partial charge in [0.2, 0.25) is 11.8 Å². The van der Waals surface area contributed by atoms with Gasteiger partial charge in [0.15, 0.2) is 0 Å². The Morgan fingerprint density at radius 2 is 1.73 bits per heavy atom. The lowest BCUT2D eigenvalue weighted by atomic mass is 10.1. The number of carbonyl (C=O) groups is 3. The number of rotatable bonds is 4. The molecule has 2 aromatic rings. The van der Waals surface area contributed by atoms with Crippen LogP contribution in [0.3, 0.4) is 0 Å². The molecule has 2 N–H and O–H groups in total. The molecule has 6 nitrogen and oxygen atoms in total. The Morgan fingerprint density at radius 3 is 2.46 bits per heavy atom. The molecule has 1 saturated heterocycles. The van der Waals surface area contributed by atoms with Gasteiger partial charge in [0.1, 0.15) is 0 Å². The van der Waals surface area contributed by atoms with Crippen molar-refractivity contribution in [2.45, 2.75) is 13.0 Å². The summed E-state index contributed by atoms with van der Waals surface area (Å²) in [7, 11) is 0. The first-order valence-electron chi connectivity index (χ1n) is 8.21. The van der Waals surface area contributed by atoms with Crippen molar-refractivity contribution in [1.82, 2.24) is 15.8 Å². The van der Waals surface area contributed by atoms with Gasteiger partial charge < -0.3 is 4.90 Å². The monoisotopic (exact) mass is 415 g/mol. The zero-order valence-electron chi connectivity index (χ0n) is 13.9. The topological polar surface area (TPSA) is 78.5 Å². The maximum atomic E-state index is 12.3. The Hall–Kier alpha value is -2.67. The number of amides is 3. The third kappa shape index (κ3) is 4.29. The van der Waals surface area contributed by atoms with E-state index in [1.807, 2.05) is 30.3 Å². The third-order valence-corrected chi connectivity index (χ3v) is 4.91. The molecule has 1 aliphatic heterocycles. The summed E-state index contributed by atoms with van der Waals surface area (Å²) in [5.41, 5.74) is 6.25. The Balaban J connectivity index is 1.53. The van der Waals surface area contributed by atoms with Crippen molar-refractivity contribution in [2.75, 3.05) is 6.54 Å². The van der Waals surface area contributed by atoms with Gasteiger partial charge >= 0.3 is 0 Å². The van der Waals surface area contributed by atoms with Gasteiger partial charge in [-0.1, -0.05) is 42.5 Å². The number of benzene rings is 2. The van der Waals surface area contributed by atoms with Crippen molar-refractivity contribution >= 4 is 33.7 Å². The van der Waals surface area contributed by atoms with E-state index in [0.717, 1.165) is 5.56 Å². The molecule has 0 aromatic heterocycles. The average Bonchev–Trinajstić information content (AvgIpc) is 3.01. The van der Waals surface area contributed by atoms with Crippen molar-refractivity contribution in [3.63, 3.8) is 0 Å². The minimum atomic E-state index is -0.481. The van der Waals surface area contributed by atoms with Crippen molar-refractivity contribution in [3.8, 4) is 0 Å². The second-order valence-corrected chi connectivity index (χ2v) is 6.94. The molecule has 3 amide bonds. The summed E-state index contributed by atoms with van der Waals surface area (Å²) in [6.45, 7) is 0.817. The SMILES string of the molecule is O=C(NNC(=O)C1CC(=O)N(Cc2ccccc2)C1)c1ccccc1Br. The molecule has 134 valence electrons. The van der Waals surface area contributed by atoms with E-state index in [-0.39, 0.29) is 18.2 Å². The molecule has 0 saturated carbocycles. The second-order valence-electron chi connectivity index (χ2n) is 6.08. The molecule has 0 aliphatic carbocycles. The number of hydrogen-bond donors (Lipinski definition) is 2. The molecule has 26 heavy (non-hydrogen) atoms. The standard InChI is InChI=1S/C19H18BrN3O3/c20-16-9-5-4-8-15(16)19(26)22-21-18(25)14-10-17(24)23(12-14)11-13-6-2-1-3-7-13/h1-9,14H,10-12H2,(H,21,25)(H,22,26). The Bertz CT molecular complexity index is 826. The van der Waals surface area contributed by atoms with Crippen LogP contribution in [0.5, 0.6) is 0 Å². The first-order valence-corrected chi connectivity index (χ1v) is 9.00. The molecule has 3 rings (SSSR count). The lowest BCUT2D eigenvalue weighted by molar-refractivity contribution is -0.129. The molecule has 1 atom stereocenters. The van der Waals surface area contributed by atoms with E-state index in [2.05, 4.69) is 26.8 Å². The Kier molecular flexibility index (Phi) is 5.68. The third-order valence-electron chi connectivity index (χ3n) is 4.22. The smallest absolute Gasteiger partial charge is 0.270 e. The van der Waals surface area contributed by atoms with E-state index in [1.54, 1.807) is 29.2 Å². The Labute approximate surface area is 159 Å². The Morgan fingerprint density at radius 1 is 1.04 bits per heavy atom. The van der Waals surface area contributed by atoms with Crippen LogP contribution in [0.4, 0.5) is 0 Å². The van der Waals surface area contributed by atoms with Gasteiger partial charge in [-0.15, -0.1) is 0 Å². The van der Waals surface area contributed by atoms with Gasteiger partial charge in [0.05, 0.1) is 11.5 Å². The fraction of sp³-hybridized carbons (Fsp3) is 0.211. The summed E-state index contributed by atoms with van der Waals surface area (Å²) in [6.07, 6.45) is 0.142. The first kappa shape index (κ1) is 18.1. The first-order chi connectivity index (χ1) is 12.5. The van der Waals surface area contributed by atoms with Crippen LogP contribution in [0.1, 0.15) is 22.3 Å². The quantitative estimate of drug-likeness (QED) is 0.751. The summed E-state index contributed by atoms with van der Waals surface area (Å²) in [4.78, 5) is 38.2. The zero-order valence-corrected chi connectivity index (χ0v) is 15.5. The number of likely N-dealkylation sites (tertiary alicyclic amines) is 1. The van der Waals surface area contributed by atoms with Gasteiger partial charge in [-0.3, -0.25) is 25.2 Å². The van der Waals surface area contributed by atoms with Crippen LogP contribution >= 0.6 is 15.9 Å². The minimum absolute atomic E-state index is 0.0638. The van der Waals surface area contributed by atoms with Gasteiger partial charge in [-0.2, -0.15) is 0 Å². The van der Waals surface area contributed by atoms with Gasteiger partial charge in [0.25, 0.3) is 5.91 Å². The van der Waals surface area contributed by atoms with E-state index >= 15 is 0 Å². The normalized spacial score (nSPS) is 16.4. The molecular formula is C19H18BrN3O3. The van der Waals surface area contributed by atoms with E-state index in [9.17, 15) is 14.4 Å². The molecule has 2 aromatic carbocycles. The van der Waals surface area contributed by atoms with E-state index in [4.69, 9.17) is 0 Å². The molecule has 0 spiro atoms. The largest absolute Gasteiger partial charge is 0.338 e. The highest BCUT2D eigenvalue weighted by atomic mass is 79.9. The van der Waals surface area contributed by atoms with E-state index in [0.29, 0.717) is 23.1 Å². The highest BCUT2D eigenvalue weighted by molar-refractivity contribution is 9.10. The lowest BCUT2D eigenvalue weighted by Gasteiger charge is -2.17. The summed E-state index contributed by atoms with van der Waals surface area (Å²) in [5, 5.41) is 0. The van der Waals surface area contributed by atoms with Crippen molar-refractivity contribution in [2.24, 2.45) is 5.92 Å². The molecule has 0 bridgehead atoms. The average molecular weight is 416 g/mol. The summed E-state index contributed by atoms with van der Waals surface area (Å²) >= 11 is 3.29. The molecular weight excluding hydrogens is 398 g/mol. The van der Waals surface area contributed by atoms with Crippen LogP contribution in [0, 0.1) is 5.92 Å². The molecule has 1 heterocycles. The minimum Gasteiger partial charge on any atom is -0.338 e. The predicted molar refractivity (Wildman–Crippen MR) is 99.7 cm³/mol. The summed E-state index contributed by atoms with van der Waals surface area (Å²) < 4.78 is 0.636. The fourth-order valence-electron chi connectivity index (χ4n) is 2.84. The number of hydrazine groups is 1. The zero-order chi connectivity index (χ0) is 18.5. The van der Waals surface area contributed by atoms with E-state index in [1.165, 1.54) is 0 Å². The second kappa shape index (κ2) is 8.14. The molecule has 0 radical (unpaired) electrons. The summed E-state index contributed by atoms with van der Waals surface area (Å²) in [6, 6.07) is 16.6. The van der Waals surface area contributed by atoms with Crippen LogP contribution in [0.15, 0.2) is 59.1 Å². The van der Waals surface area contributed by atoms with Crippen LogP contribution in [-0.2, 0) is 16.1 Å². The molecule has 1 unspecified atom stereocenters. The van der Waals surface area contributed by atoms with Gasteiger partial charge in [-0.25, -0.2) is 0 Å². The van der Waals surface area contributed by atoms with Gasteiger partial charge in [-0.05, 0) is 33.6 Å². The van der Waals surface area contributed by atoms with Gasteiger partial charge in [0, 0.05) is 24.0 Å². The number of nitrogens with zero attached hydrogens (tertiary/aromatic N) is 1. The predicted octanol–water partition coefficient (Wildman–Crippen LogP) is 2.26. The van der Waals surface area contributed by atoms with Crippen LogP contribution in [-0.4, -0.2) is 29.2 Å². The number of hydrogen-bond acceptors (Lipinski definition) is 3. The van der Waals surface area contributed by atoms with Crippen molar-refractivity contribution in [1.29, 1.82) is 0 Å². The van der Waals surface area contributed by atoms with Crippen LogP contribution < -0.4 is 10.9 Å². The number of halogens is 1. The molecule has 1 fully saturated rings. The summed E-state index contributed by atoms with van der Waals surface area (Å²) in [5.74, 6) is -1.33. The van der Waals surface area contributed by atoms with Crippen LogP contribution in [0.2, 0.25) is 0 Å². The fourth-order valence-corrected chi connectivity index (χ4v) is 3.30. The van der Waals surface area contributed by atoms with E-state index < -0.39 is 11.8 Å². The van der Waals surface area contributed by atoms with Crippen molar-refractivity contribution < 1.29 is 14.4 Å².